The first kappa shape index (κ1) is 20.1. The number of hydrogen-bond donors (Lipinski definition) is 1. The summed E-state index contributed by atoms with van der Waals surface area (Å²) in [7, 11) is 0. The number of nitrogens with zero attached hydrogens (tertiary/aromatic N) is 3. The average Bonchev–Trinajstić information content (AvgIpc) is 3.17. The maximum absolute atomic E-state index is 12.3. The number of rotatable bonds is 6. The number of amides is 1. The van der Waals surface area contributed by atoms with Crippen molar-refractivity contribution in [1.82, 2.24) is 20.3 Å². The molecule has 0 radical (unpaired) electrons. The van der Waals surface area contributed by atoms with E-state index in [2.05, 4.69) is 22.6 Å². The van der Waals surface area contributed by atoms with E-state index in [1.54, 1.807) is 12.1 Å². The molecule has 1 aliphatic rings. The second-order valence-corrected chi connectivity index (χ2v) is 7.94. The fraction of sp³-hybridized carbons (Fsp3) is 0.391. The van der Waals surface area contributed by atoms with Gasteiger partial charge in [0, 0.05) is 6.04 Å². The van der Waals surface area contributed by atoms with Crippen LogP contribution in [-0.2, 0) is 16.1 Å². The number of aromatic nitrogens is 3. The van der Waals surface area contributed by atoms with Crippen LogP contribution in [0.15, 0.2) is 48.5 Å². The lowest BCUT2D eigenvalue weighted by molar-refractivity contribution is -0.125. The Morgan fingerprint density at radius 2 is 1.87 bits per heavy atom. The zero-order valence-electron chi connectivity index (χ0n) is 17.1. The summed E-state index contributed by atoms with van der Waals surface area (Å²) in [5, 5.41) is 11.3. The second kappa shape index (κ2) is 9.07. The molecule has 0 aliphatic heterocycles. The Balaban J connectivity index is 1.30. The number of ether oxygens (including phenoxy) is 1. The molecule has 1 aliphatic carbocycles. The Bertz CT molecular complexity index is 1030. The third kappa shape index (κ3) is 4.67. The normalized spacial score (nSPS) is 18.8. The number of benzene rings is 2. The van der Waals surface area contributed by atoms with Crippen LogP contribution in [-0.4, -0.2) is 39.5 Å². The molecule has 2 atom stereocenters. The molecule has 0 saturated heterocycles. The van der Waals surface area contributed by atoms with Crippen LogP contribution < -0.4 is 5.32 Å². The average molecular weight is 406 g/mol. The van der Waals surface area contributed by atoms with Gasteiger partial charge in [0.1, 0.15) is 5.52 Å². The number of esters is 1. The Labute approximate surface area is 175 Å². The summed E-state index contributed by atoms with van der Waals surface area (Å²) in [5.74, 6) is -0.274. The summed E-state index contributed by atoms with van der Waals surface area (Å²) in [4.78, 5) is 24.4. The van der Waals surface area contributed by atoms with Crippen molar-refractivity contribution in [3.63, 3.8) is 0 Å². The quantitative estimate of drug-likeness (QED) is 0.635. The molecule has 156 valence electrons. The van der Waals surface area contributed by atoms with Crippen LogP contribution in [0.5, 0.6) is 0 Å². The van der Waals surface area contributed by atoms with Crippen LogP contribution in [0.4, 0.5) is 0 Å². The highest BCUT2D eigenvalue weighted by Gasteiger charge is 2.23. The number of fused-ring (bicyclic) bond motifs is 1. The predicted octanol–water partition coefficient (Wildman–Crippen LogP) is 3.33. The third-order valence-electron chi connectivity index (χ3n) is 5.73. The molecule has 1 heterocycles. The molecule has 1 aromatic heterocycles. The van der Waals surface area contributed by atoms with Crippen LogP contribution >= 0.6 is 0 Å². The largest absolute Gasteiger partial charge is 0.452 e. The van der Waals surface area contributed by atoms with E-state index < -0.39 is 5.97 Å². The van der Waals surface area contributed by atoms with Gasteiger partial charge in [0.15, 0.2) is 6.61 Å². The molecule has 0 unspecified atom stereocenters. The van der Waals surface area contributed by atoms with Crippen LogP contribution in [0.3, 0.4) is 0 Å². The highest BCUT2D eigenvalue weighted by Crippen LogP contribution is 2.23. The summed E-state index contributed by atoms with van der Waals surface area (Å²) >= 11 is 0. The molecule has 2 aromatic carbocycles. The van der Waals surface area contributed by atoms with Crippen LogP contribution in [0.25, 0.3) is 11.0 Å². The summed E-state index contributed by atoms with van der Waals surface area (Å²) in [6.07, 6.45) is 4.46. The molecule has 3 aromatic rings. The lowest BCUT2D eigenvalue weighted by Gasteiger charge is -2.29. The number of carbonyl (C=O) groups is 2. The first-order valence-corrected chi connectivity index (χ1v) is 10.4. The van der Waals surface area contributed by atoms with Crippen molar-refractivity contribution in [2.75, 3.05) is 6.61 Å². The maximum atomic E-state index is 12.3. The summed E-state index contributed by atoms with van der Waals surface area (Å²) in [6.45, 7) is 2.45. The first-order chi connectivity index (χ1) is 14.6. The van der Waals surface area contributed by atoms with Crippen molar-refractivity contribution in [1.29, 1.82) is 0 Å². The van der Waals surface area contributed by atoms with Crippen LogP contribution in [0.2, 0.25) is 0 Å². The molecule has 1 fully saturated rings. The fourth-order valence-electron chi connectivity index (χ4n) is 3.95. The SMILES string of the molecule is C[C@H]1CCCC[C@H]1NC(=O)COC(=O)c1ccc(Cn2nnc3ccccc32)cc1. The van der Waals surface area contributed by atoms with E-state index in [-0.39, 0.29) is 18.6 Å². The highest BCUT2D eigenvalue weighted by molar-refractivity contribution is 5.91. The zero-order chi connectivity index (χ0) is 20.9. The number of hydrogen-bond acceptors (Lipinski definition) is 5. The van der Waals surface area contributed by atoms with Crippen molar-refractivity contribution in [3.05, 3.63) is 59.7 Å². The van der Waals surface area contributed by atoms with Gasteiger partial charge in [0.25, 0.3) is 5.91 Å². The van der Waals surface area contributed by atoms with Gasteiger partial charge in [-0.05, 0) is 48.6 Å². The molecule has 7 nitrogen and oxygen atoms in total. The molecule has 1 saturated carbocycles. The molecule has 0 bridgehead atoms. The topological polar surface area (TPSA) is 86.1 Å². The van der Waals surface area contributed by atoms with Crippen molar-refractivity contribution in [2.24, 2.45) is 5.92 Å². The van der Waals surface area contributed by atoms with E-state index in [1.165, 1.54) is 6.42 Å². The van der Waals surface area contributed by atoms with E-state index in [9.17, 15) is 9.59 Å². The standard InChI is InChI=1S/C23H26N4O3/c1-16-6-2-3-7-19(16)24-22(28)15-30-23(29)18-12-10-17(11-13-18)14-27-21-9-5-4-8-20(21)25-26-27/h4-5,8-13,16,19H,2-3,6-7,14-15H2,1H3,(H,24,28)/t16-,19+/m0/s1. The lowest BCUT2D eigenvalue weighted by atomic mass is 9.86. The van der Waals surface area contributed by atoms with Gasteiger partial charge in [-0.15, -0.1) is 5.10 Å². The van der Waals surface area contributed by atoms with Gasteiger partial charge in [-0.2, -0.15) is 0 Å². The molecular weight excluding hydrogens is 380 g/mol. The Morgan fingerprint density at radius 3 is 2.67 bits per heavy atom. The Morgan fingerprint density at radius 1 is 1.10 bits per heavy atom. The van der Waals surface area contributed by atoms with E-state index in [0.717, 1.165) is 35.9 Å². The Kier molecular flexibility index (Phi) is 6.07. The van der Waals surface area contributed by atoms with Gasteiger partial charge in [-0.3, -0.25) is 4.79 Å². The molecular formula is C23H26N4O3. The van der Waals surface area contributed by atoms with Gasteiger partial charge >= 0.3 is 5.97 Å². The number of carbonyl (C=O) groups excluding carboxylic acids is 2. The minimum atomic E-state index is -0.500. The summed E-state index contributed by atoms with van der Waals surface area (Å²) < 4.78 is 7.01. The van der Waals surface area contributed by atoms with Crippen LogP contribution in [0, 0.1) is 5.92 Å². The van der Waals surface area contributed by atoms with E-state index in [0.29, 0.717) is 18.0 Å². The molecule has 7 heteroatoms. The van der Waals surface area contributed by atoms with Gasteiger partial charge in [0.2, 0.25) is 0 Å². The predicted molar refractivity (Wildman–Crippen MR) is 113 cm³/mol. The lowest BCUT2D eigenvalue weighted by Crippen LogP contribution is -2.42. The monoisotopic (exact) mass is 406 g/mol. The Hall–Kier alpha value is -3.22. The molecule has 1 amide bonds. The molecule has 30 heavy (non-hydrogen) atoms. The minimum Gasteiger partial charge on any atom is -0.452 e. The molecule has 1 N–H and O–H groups in total. The van der Waals surface area contributed by atoms with Gasteiger partial charge in [-0.1, -0.05) is 49.2 Å². The molecule has 0 spiro atoms. The number of nitrogens with one attached hydrogen (secondary N) is 1. The first-order valence-electron chi connectivity index (χ1n) is 10.4. The van der Waals surface area contributed by atoms with E-state index >= 15 is 0 Å². The van der Waals surface area contributed by atoms with Crippen molar-refractivity contribution >= 4 is 22.9 Å². The van der Waals surface area contributed by atoms with Gasteiger partial charge < -0.3 is 10.1 Å². The highest BCUT2D eigenvalue weighted by atomic mass is 16.5. The van der Waals surface area contributed by atoms with Crippen molar-refractivity contribution in [3.8, 4) is 0 Å². The molecule has 4 rings (SSSR count). The van der Waals surface area contributed by atoms with E-state index in [1.807, 2.05) is 41.1 Å². The maximum Gasteiger partial charge on any atom is 0.338 e. The van der Waals surface area contributed by atoms with Gasteiger partial charge in [-0.25, -0.2) is 9.48 Å². The van der Waals surface area contributed by atoms with E-state index in [4.69, 9.17) is 4.74 Å². The smallest absolute Gasteiger partial charge is 0.338 e. The minimum absolute atomic E-state index is 0.178. The second-order valence-electron chi connectivity index (χ2n) is 7.94. The van der Waals surface area contributed by atoms with Crippen molar-refractivity contribution < 1.29 is 14.3 Å². The van der Waals surface area contributed by atoms with Gasteiger partial charge in [0.05, 0.1) is 17.6 Å². The van der Waals surface area contributed by atoms with Crippen molar-refractivity contribution in [2.45, 2.75) is 45.2 Å². The number of para-hydroxylation sites is 1. The zero-order valence-corrected chi connectivity index (χ0v) is 17.1. The summed E-state index contributed by atoms with van der Waals surface area (Å²) in [5.41, 5.74) is 3.21. The third-order valence-corrected chi connectivity index (χ3v) is 5.73. The summed E-state index contributed by atoms with van der Waals surface area (Å²) in [6, 6.07) is 15.1. The van der Waals surface area contributed by atoms with Crippen LogP contribution in [0.1, 0.15) is 48.5 Å². The fourth-order valence-corrected chi connectivity index (χ4v) is 3.95.